The van der Waals surface area contributed by atoms with Gasteiger partial charge in [0.25, 0.3) is 0 Å². The lowest BCUT2D eigenvalue weighted by molar-refractivity contribution is -0.288. The summed E-state index contributed by atoms with van der Waals surface area (Å²) in [6, 6.07) is 9.61. The minimum Gasteiger partial charge on any atom is -0.490 e. The standard InChI is InChI=1S/C32H32O14/c1-16(33)40-15-27-29(42-17(2)34)30(43-18(3)35)31(44-19(4)36)32(46-27)45-21-7-8-22-25(13-21)41-14-23(28(22)37)20-6-9-24-26(12-20)39-11-5-10-38-24/h6-9,12-14,27,29-32H,5,10-11,15H2,1-4H3/t27-,29-,30-,31-,32+/m0/s1. The highest BCUT2D eigenvalue weighted by Gasteiger charge is 2.53. The fourth-order valence-corrected chi connectivity index (χ4v) is 5.13. The Morgan fingerprint density at radius 2 is 1.46 bits per heavy atom. The average Bonchev–Trinajstić information content (AvgIpc) is 3.24. The number of fused-ring (bicyclic) bond motifs is 2. The fraction of sp³-hybridized carbons (Fsp3) is 0.406. The molecular formula is C32H32O14. The van der Waals surface area contributed by atoms with Crippen LogP contribution in [-0.2, 0) is 42.9 Å². The van der Waals surface area contributed by atoms with Crippen molar-refractivity contribution >= 4 is 34.8 Å². The van der Waals surface area contributed by atoms with E-state index in [1.807, 2.05) is 0 Å². The summed E-state index contributed by atoms with van der Waals surface area (Å²) in [6.07, 6.45) is -4.74. The molecule has 0 radical (unpaired) electrons. The third-order valence-corrected chi connectivity index (χ3v) is 7.01. The van der Waals surface area contributed by atoms with Crippen LogP contribution < -0.4 is 19.6 Å². The van der Waals surface area contributed by atoms with Gasteiger partial charge in [0.2, 0.25) is 12.4 Å². The molecule has 0 spiro atoms. The van der Waals surface area contributed by atoms with E-state index >= 15 is 0 Å². The number of rotatable bonds is 8. The largest absolute Gasteiger partial charge is 0.490 e. The minimum atomic E-state index is -1.45. The Bertz CT molecular complexity index is 1690. The van der Waals surface area contributed by atoms with Gasteiger partial charge < -0.3 is 42.3 Å². The molecule has 0 amide bonds. The molecular weight excluding hydrogens is 608 g/mol. The van der Waals surface area contributed by atoms with Gasteiger partial charge >= 0.3 is 23.9 Å². The van der Waals surface area contributed by atoms with E-state index in [1.54, 1.807) is 18.2 Å². The Balaban J connectivity index is 1.46. The van der Waals surface area contributed by atoms with Gasteiger partial charge in [0.15, 0.2) is 29.1 Å². The van der Waals surface area contributed by atoms with Crippen LogP contribution in [0.2, 0.25) is 0 Å². The highest BCUT2D eigenvalue weighted by Crippen LogP contribution is 2.35. The molecule has 2 aliphatic rings. The second-order valence-electron chi connectivity index (χ2n) is 10.5. The van der Waals surface area contributed by atoms with Crippen LogP contribution in [0.3, 0.4) is 0 Å². The van der Waals surface area contributed by atoms with Crippen molar-refractivity contribution in [3.8, 4) is 28.4 Å². The van der Waals surface area contributed by atoms with E-state index < -0.39 is 61.2 Å². The zero-order chi connectivity index (χ0) is 33.0. The number of ether oxygens (including phenoxy) is 8. The lowest BCUT2D eigenvalue weighted by atomic mass is 9.98. The van der Waals surface area contributed by atoms with Crippen LogP contribution in [0.25, 0.3) is 22.1 Å². The second-order valence-corrected chi connectivity index (χ2v) is 10.5. The van der Waals surface area contributed by atoms with Crippen LogP contribution in [0, 0.1) is 0 Å². The molecule has 2 aromatic carbocycles. The van der Waals surface area contributed by atoms with E-state index in [1.165, 1.54) is 31.4 Å². The molecule has 244 valence electrons. The van der Waals surface area contributed by atoms with Crippen molar-refractivity contribution in [3.63, 3.8) is 0 Å². The minimum absolute atomic E-state index is 0.125. The van der Waals surface area contributed by atoms with Gasteiger partial charge in [0.05, 0.1) is 24.2 Å². The first-order valence-corrected chi connectivity index (χ1v) is 14.4. The first-order chi connectivity index (χ1) is 22.0. The number of carbonyl (C=O) groups excluding carboxylic acids is 4. The van der Waals surface area contributed by atoms with E-state index in [-0.39, 0.29) is 22.1 Å². The number of hydrogen-bond acceptors (Lipinski definition) is 14. The first-order valence-electron chi connectivity index (χ1n) is 14.4. The quantitative estimate of drug-likeness (QED) is 0.260. The molecule has 14 nitrogen and oxygen atoms in total. The van der Waals surface area contributed by atoms with Crippen LogP contribution >= 0.6 is 0 Å². The summed E-state index contributed by atoms with van der Waals surface area (Å²) in [6.45, 7) is 5.16. The Kier molecular flexibility index (Phi) is 9.75. The smallest absolute Gasteiger partial charge is 0.303 e. The molecule has 0 bridgehead atoms. The monoisotopic (exact) mass is 640 g/mol. The molecule has 1 aromatic heterocycles. The number of benzene rings is 2. The molecule has 0 aliphatic carbocycles. The van der Waals surface area contributed by atoms with Crippen molar-refractivity contribution in [2.45, 2.75) is 64.8 Å². The molecule has 2 aliphatic heterocycles. The van der Waals surface area contributed by atoms with Crippen molar-refractivity contribution in [3.05, 3.63) is 52.9 Å². The lowest BCUT2D eigenvalue weighted by Crippen LogP contribution is -2.63. The van der Waals surface area contributed by atoms with Gasteiger partial charge in [-0.1, -0.05) is 6.07 Å². The molecule has 0 saturated carbocycles. The summed E-state index contributed by atoms with van der Waals surface area (Å²) in [4.78, 5) is 61.2. The van der Waals surface area contributed by atoms with E-state index in [9.17, 15) is 24.0 Å². The van der Waals surface area contributed by atoms with E-state index in [0.29, 0.717) is 35.8 Å². The van der Waals surface area contributed by atoms with Gasteiger partial charge in [0, 0.05) is 40.2 Å². The predicted molar refractivity (Wildman–Crippen MR) is 156 cm³/mol. The number of esters is 4. The van der Waals surface area contributed by atoms with Gasteiger partial charge in [-0.2, -0.15) is 0 Å². The number of carbonyl (C=O) groups is 4. The summed E-state index contributed by atoms with van der Waals surface area (Å²) >= 11 is 0. The maximum absolute atomic E-state index is 13.5. The molecule has 5 atom stereocenters. The summed E-state index contributed by atoms with van der Waals surface area (Å²) in [5.74, 6) is -1.70. The topological polar surface area (TPSA) is 172 Å². The molecule has 1 saturated heterocycles. The summed E-state index contributed by atoms with van der Waals surface area (Å²) in [5, 5.41) is 0.249. The van der Waals surface area contributed by atoms with Crippen molar-refractivity contribution in [1.29, 1.82) is 0 Å². The molecule has 3 heterocycles. The van der Waals surface area contributed by atoms with Crippen LogP contribution in [0.1, 0.15) is 34.1 Å². The SMILES string of the molecule is CC(=O)OC[C@@H]1O[C@@H](Oc2ccc3c(=O)c(-c4ccc5c(c4)OCCCO5)coc3c2)[C@@H](OC(C)=O)[C@@H](OC(C)=O)[C@H]1OC(C)=O. The maximum Gasteiger partial charge on any atom is 0.303 e. The third-order valence-electron chi connectivity index (χ3n) is 7.01. The highest BCUT2D eigenvalue weighted by molar-refractivity contribution is 5.83. The molecule has 5 rings (SSSR count). The Hall–Kier alpha value is -5.11. The molecule has 46 heavy (non-hydrogen) atoms. The third kappa shape index (κ3) is 7.40. The average molecular weight is 641 g/mol. The van der Waals surface area contributed by atoms with Gasteiger partial charge in [-0.3, -0.25) is 24.0 Å². The molecule has 0 unspecified atom stereocenters. The lowest BCUT2D eigenvalue weighted by Gasteiger charge is -2.43. The summed E-state index contributed by atoms with van der Waals surface area (Å²) < 4.78 is 50.6. The van der Waals surface area contributed by atoms with Crippen molar-refractivity contribution in [1.82, 2.24) is 0 Å². The van der Waals surface area contributed by atoms with Crippen molar-refractivity contribution in [2.75, 3.05) is 19.8 Å². The summed E-state index contributed by atoms with van der Waals surface area (Å²) in [7, 11) is 0. The van der Waals surface area contributed by atoms with Crippen LogP contribution in [0.4, 0.5) is 0 Å². The van der Waals surface area contributed by atoms with Gasteiger partial charge in [0.1, 0.15) is 30.3 Å². The van der Waals surface area contributed by atoms with Crippen LogP contribution in [0.15, 0.2) is 51.9 Å². The zero-order valence-electron chi connectivity index (χ0n) is 25.5. The second kappa shape index (κ2) is 13.9. The number of hydrogen-bond donors (Lipinski definition) is 0. The van der Waals surface area contributed by atoms with Crippen LogP contribution in [-0.4, -0.2) is 74.4 Å². The highest BCUT2D eigenvalue weighted by atomic mass is 16.7. The Morgan fingerprint density at radius 3 is 2.15 bits per heavy atom. The first kappa shape index (κ1) is 32.3. The zero-order valence-corrected chi connectivity index (χ0v) is 25.5. The Morgan fingerprint density at radius 1 is 0.783 bits per heavy atom. The fourth-order valence-electron chi connectivity index (χ4n) is 5.13. The maximum atomic E-state index is 13.5. The summed E-state index contributed by atoms with van der Waals surface area (Å²) in [5.41, 5.74) is 0.745. The van der Waals surface area contributed by atoms with Crippen molar-refractivity contribution < 1.29 is 61.5 Å². The normalized spacial score (nSPS) is 22.2. The van der Waals surface area contributed by atoms with Gasteiger partial charge in [-0.15, -0.1) is 0 Å². The molecule has 14 heteroatoms. The predicted octanol–water partition coefficient (Wildman–Crippen LogP) is 3.08. The van der Waals surface area contributed by atoms with E-state index in [4.69, 9.17) is 42.3 Å². The molecule has 1 fully saturated rings. The van der Waals surface area contributed by atoms with Crippen molar-refractivity contribution in [2.24, 2.45) is 0 Å². The van der Waals surface area contributed by atoms with Gasteiger partial charge in [-0.05, 0) is 29.8 Å². The molecule has 3 aromatic rings. The van der Waals surface area contributed by atoms with Gasteiger partial charge in [-0.25, -0.2) is 0 Å². The van der Waals surface area contributed by atoms with E-state index in [2.05, 4.69) is 0 Å². The Labute approximate surface area is 262 Å². The van der Waals surface area contributed by atoms with Crippen LogP contribution in [0.5, 0.6) is 17.2 Å². The molecule has 0 N–H and O–H groups in total. The van der Waals surface area contributed by atoms with E-state index in [0.717, 1.165) is 27.2 Å².